The third-order valence-electron chi connectivity index (χ3n) is 4.39. The smallest absolute Gasteiger partial charge is 0.314 e. The maximum atomic E-state index is 11.8. The molecule has 18 heavy (non-hydrogen) atoms. The molecule has 5 heteroatoms. The van der Waals surface area contributed by atoms with Gasteiger partial charge in [0.05, 0.1) is 30.3 Å². The predicted molar refractivity (Wildman–Crippen MR) is 68.6 cm³/mol. The molecule has 0 aromatic rings. The van der Waals surface area contributed by atoms with Crippen LogP contribution in [0.2, 0.25) is 0 Å². The number of thioether (sulfide) groups is 1. The molecule has 0 radical (unpaired) electrons. The minimum atomic E-state index is -0.330. The van der Waals surface area contributed by atoms with Crippen molar-refractivity contribution in [2.75, 3.05) is 25.2 Å². The van der Waals surface area contributed by atoms with Crippen molar-refractivity contribution < 1.29 is 19.0 Å². The Morgan fingerprint density at radius 1 is 1.56 bits per heavy atom. The molecule has 3 heterocycles. The van der Waals surface area contributed by atoms with Gasteiger partial charge in [0.25, 0.3) is 0 Å². The Morgan fingerprint density at radius 3 is 3.06 bits per heavy atom. The lowest BCUT2D eigenvalue weighted by Crippen LogP contribution is -2.41. The zero-order valence-corrected chi connectivity index (χ0v) is 11.5. The first-order valence-corrected chi connectivity index (χ1v) is 8.09. The van der Waals surface area contributed by atoms with Gasteiger partial charge in [0.1, 0.15) is 0 Å². The van der Waals surface area contributed by atoms with E-state index >= 15 is 0 Å². The molecule has 3 rings (SSSR count). The van der Waals surface area contributed by atoms with Crippen molar-refractivity contribution in [3.05, 3.63) is 0 Å². The number of hydrogen-bond donors (Lipinski definition) is 0. The Balaban J connectivity index is 1.53. The molecular formula is C13H20O4S. The fourth-order valence-electron chi connectivity index (χ4n) is 3.41. The molecule has 0 N–H and O–H groups in total. The summed E-state index contributed by atoms with van der Waals surface area (Å²) < 4.78 is 16.9. The number of rotatable bonds is 5. The maximum absolute atomic E-state index is 11.8. The summed E-state index contributed by atoms with van der Waals surface area (Å²) in [6.07, 6.45) is 6.00. The topological polar surface area (TPSA) is 44.8 Å². The van der Waals surface area contributed by atoms with Crippen molar-refractivity contribution in [3.8, 4) is 0 Å². The standard InChI is InChI=1S/C13H20O4S/c1-18-6-2-4-15-9-7-11-13(8-10(9)17-11)3-5-16-12(13)14/h9-11H,2-8H2,1H3. The van der Waals surface area contributed by atoms with Gasteiger partial charge in [-0.25, -0.2) is 0 Å². The van der Waals surface area contributed by atoms with Gasteiger partial charge in [-0.05, 0) is 24.9 Å². The molecule has 2 bridgehead atoms. The Hall–Kier alpha value is -0.260. The van der Waals surface area contributed by atoms with Crippen molar-refractivity contribution in [2.45, 2.75) is 44.0 Å². The minimum Gasteiger partial charge on any atom is -0.465 e. The Kier molecular flexibility index (Phi) is 3.56. The summed E-state index contributed by atoms with van der Waals surface area (Å²) in [5.41, 5.74) is -0.330. The lowest BCUT2D eigenvalue weighted by Gasteiger charge is -2.29. The van der Waals surface area contributed by atoms with Crippen LogP contribution in [0.5, 0.6) is 0 Å². The lowest BCUT2D eigenvalue weighted by atomic mass is 9.72. The molecule has 102 valence electrons. The van der Waals surface area contributed by atoms with Crippen LogP contribution in [-0.4, -0.2) is 49.5 Å². The van der Waals surface area contributed by atoms with E-state index in [0.29, 0.717) is 6.61 Å². The van der Waals surface area contributed by atoms with E-state index in [4.69, 9.17) is 14.2 Å². The molecule has 0 amide bonds. The molecule has 1 spiro atoms. The van der Waals surface area contributed by atoms with Crippen LogP contribution in [0.4, 0.5) is 0 Å². The average molecular weight is 272 g/mol. The van der Waals surface area contributed by atoms with Crippen molar-refractivity contribution in [1.29, 1.82) is 0 Å². The Bertz CT molecular complexity index is 335. The van der Waals surface area contributed by atoms with E-state index in [2.05, 4.69) is 6.26 Å². The second kappa shape index (κ2) is 5.02. The number of carbonyl (C=O) groups excluding carboxylic acids is 1. The molecule has 3 saturated heterocycles. The number of fused-ring (bicyclic) bond motifs is 3. The van der Waals surface area contributed by atoms with Gasteiger partial charge < -0.3 is 14.2 Å². The molecule has 3 aliphatic rings. The normalized spacial score (nSPS) is 41.8. The van der Waals surface area contributed by atoms with Crippen molar-refractivity contribution in [3.63, 3.8) is 0 Å². The first-order chi connectivity index (χ1) is 8.76. The van der Waals surface area contributed by atoms with Crippen LogP contribution in [0.25, 0.3) is 0 Å². The van der Waals surface area contributed by atoms with Crippen LogP contribution < -0.4 is 0 Å². The fourth-order valence-corrected chi connectivity index (χ4v) is 3.81. The summed E-state index contributed by atoms with van der Waals surface area (Å²) in [5, 5.41) is 0. The second-order valence-corrected chi connectivity index (χ2v) is 6.39. The van der Waals surface area contributed by atoms with E-state index in [1.807, 2.05) is 11.8 Å². The van der Waals surface area contributed by atoms with Crippen molar-refractivity contribution in [1.82, 2.24) is 0 Å². The van der Waals surface area contributed by atoms with Gasteiger partial charge in [-0.3, -0.25) is 4.79 Å². The van der Waals surface area contributed by atoms with Gasteiger partial charge in [0.15, 0.2) is 0 Å². The van der Waals surface area contributed by atoms with Gasteiger partial charge in [0, 0.05) is 19.4 Å². The molecule has 4 atom stereocenters. The predicted octanol–water partition coefficient (Wildman–Crippen LogP) is 1.62. The van der Waals surface area contributed by atoms with E-state index in [1.54, 1.807) is 0 Å². The summed E-state index contributed by atoms with van der Waals surface area (Å²) in [5.74, 6) is 1.09. The lowest BCUT2D eigenvalue weighted by molar-refractivity contribution is -0.149. The molecule has 0 saturated carbocycles. The number of hydrogen-bond acceptors (Lipinski definition) is 5. The summed E-state index contributed by atoms with van der Waals surface area (Å²) in [7, 11) is 0. The monoisotopic (exact) mass is 272 g/mol. The zero-order chi connectivity index (χ0) is 12.6. The van der Waals surface area contributed by atoms with E-state index in [1.165, 1.54) is 0 Å². The first kappa shape index (κ1) is 12.8. The number of cyclic esters (lactones) is 1. The fraction of sp³-hybridized carbons (Fsp3) is 0.923. The molecule has 0 aromatic carbocycles. The third kappa shape index (κ3) is 1.96. The molecule has 4 unspecified atom stereocenters. The highest BCUT2D eigenvalue weighted by molar-refractivity contribution is 7.98. The van der Waals surface area contributed by atoms with Crippen LogP contribution in [-0.2, 0) is 19.0 Å². The van der Waals surface area contributed by atoms with E-state index in [0.717, 1.165) is 38.0 Å². The Labute approximate surface area is 112 Å². The zero-order valence-electron chi connectivity index (χ0n) is 10.7. The van der Waals surface area contributed by atoms with Crippen molar-refractivity contribution in [2.24, 2.45) is 5.41 Å². The maximum Gasteiger partial charge on any atom is 0.314 e. The molecule has 0 aromatic heterocycles. The van der Waals surface area contributed by atoms with Gasteiger partial charge in [-0.15, -0.1) is 0 Å². The highest BCUT2D eigenvalue weighted by Gasteiger charge is 2.63. The molecular weight excluding hydrogens is 252 g/mol. The van der Waals surface area contributed by atoms with Crippen LogP contribution in [0.15, 0.2) is 0 Å². The van der Waals surface area contributed by atoms with Gasteiger partial charge in [-0.1, -0.05) is 0 Å². The van der Waals surface area contributed by atoms with E-state index < -0.39 is 0 Å². The molecule has 0 aliphatic carbocycles. The average Bonchev–Trinajstić information content (AvgIpc) is 3.02. The third-order valence-corrected chi connectivity index (χ3v) is 5.09. The molecule has 4 nitrogen and oxygen atoms in total. The second-order valence-electron chi connectivity index (χ2n) is 5.40. The summed E-state index contributed by atoms with van der Waals surface area (Å²) in [4.78, 5) is 11.8. The van der Waals surface area contributed by atoms with Gasteiger partial charge >= 0.3 is 5.97 Å². The summed E-state index contributed by atoms with van der Waals surface area (Å²) >= 11 is 1.84. The number of carbonyl (C=O) groups is 1. The van der Waals surface area contributed by atoms with E-state index in [-0.39, 0.29) is 29.7 Å². The minimum absolute atomic E-state index is 0.0306. The summed E-state index contributed by atoms with van der Waals surface area (Å²) in [6.45, 7) is 1.36. The van der Waals surface area contributed by atoms with Crippen LogP contribution in [0.1, 0.15) is 25.7 Å². The molecule has 3 aliphatic heterocycles. The van der Waals surface area contributed by atoms with Crippen LogP contribution in [0.3, 0.4) is 0 Å². The number of ether oxygens (including phenoxy) is 3. The molecule has 3 fully saturated rings. The Morgan fingerprint density at radius 2 is 2.44 bits per heavy atom. The van der Waals surface area contributed by atoms with E-state index in [9.17, 15) is 4.79 Å². The first-order valence-electron chi connectivity index (χ1n) is 6.69. The largest absolute Gasteiger partial charge is 0.465 e. The number of esters is 1. The van der Waals surface area contributed by atoms with Gasteiger partial charge in [-0.2, -0.15) is 11.8 Å². The van der Waals surface area contributed by atoms with Crippen LogP contribution >= 0.6 is 11.8 Å². The summed E-state index contributed by atoms with van der Waals surface area (Å²) in [6, 6.07) is 0. The SMILES string of the molecule is CSCCCOC1CC2OC1CC21CCOC1=O. The van der Waals surface area contributed by atoms with Gasteiger partial charge in [0.2, 0.25) is 0 Å². The van der Waals surface area contributed by atoms with Crippen LogP contribution in [0, 0.1) is 5.41 Å². The quantitative estimate of drug-likeness (QED) is 0.562. The van der Waals surface area contributed by atoms with Crippen molar-refractivity contribution >= 4 is 17.7 Å². The highest BCUT2D eigenvalue weighted by atomic mass is 32.2. The highest BCUT2D eigenvalue weighted by Crippen LogP contribution is 2.53.